The quantitative estimate of drug-likeness (QED) is 0.505. The van der Waals surface area contributed by atoms with Crippen LogP contribution in [0.2, 0.25) is 0 Å². The summed E-state index contributed by atoms with van der Waals surface area (Å²) in [5, 5.41) is 5.49. The van der Waals surface area contributed by atoms with Gasteiger partial charge in [-0.15, -0.1) is 0 Å². The highest BCUT2D eigenvalue weighted by molar-refractivity contribution is 8.76. The third kappa shape index (κ3) is 11.9. The van der Waals surface area contributed by atoms with Gasteiger partial charge in [0.05, 0.1) is 0 Å². The molecule has 0 heterocycles. The summed E-state index contributed by atoms with van der Waals surface area (Å²) in [5.74, 6) is 1.59. The molecule has 0 aromatic heterocycles. The maximum Gasteiger partial charge on any atom is 0.224 e. The molecule has 0 spiro atoms. The van der Waals surface area contributed by atoms with Crippen LogP contribution in [0, 0.1) is 0 Å². The molecule has 0 unspecified atom stereocenters. The minimum absolute atomic E-state index is 0.00634. The van der Waals surface area contributed by atoms with Crippen LogP contribution in [0.1, 0.15) is 33.6 Å². The molecule has 0 aliphatic heterocycles. The van der Waals surface area contributed by atoms with E-state index in [-0.39, 0.29) is 17.9 Å². The van der Waals surface area contributed by atoms with Gasteiger partial charge in [0.25, 0.3) is 0 Å². The van der Waals surface area contributed by atoms with Gasteiger partial charge in [0.15, 0.2) is 0 Å². The number of rotatable bonds is 9. The Kier molecular flexibility index (Phi) is 9.96. The van der Waals surface area contributed by atoms with Gasteiger partial charge < -0.3 is 10.6 Å². The molecule has 2 N–H and O–H groups in total. The molecule has 0 atom stereocenters. The van der Waals surface area contributed by atoms with E-state index in [0.29, 0.717) is 18.5 Å². The normalized spacial score (nSPS) is 10.2. The van der Waals surface area contributed by atoms with E-state index in [1.54, 1.807) is 28.5 Å². The third-order valence-electron chi connectivity index (χ3n) is 1.71. The zero-order valence-corrected chi connectivity index (χ0v) is 12.9. The fourth-order valence-corrected chi connectivity index (χ4v) is 3.06. The van der Waals surface area contributed by atoms with Gasteiger partial charge >= 0.3 is 0 Å². The Hall–Kier alpha value is -0.620. The summed E-state index contributed by atoms with van der Waals surface area (Å²) in [7, 11) is 3.24. The molecule has 0 bridgehead atoms. The Morgan fingerprint density at radius 1 is 1.11 bits per heavy atom. The van der Waals surface area contributed by atoms with E-state index in [1.807, 2.05) is 13.8 Å². The lowest BCUT2D eigenvalue weighted by molar-refractivity contribution is -0.121. The molecular formula is C12H22N2O2S2. The summed E-state index contributed by atoms with van der Waals surface area (Å²) in [5.41, 5.74) is 0.669. The fourth-order valence-electron chi connectivity index (χ4n) is 1.08. The smallest absolute Gasteiger partial charge is 0.224 e. The van der Waals surface area contributed by atoms with Crippen LogP contribution in [-0.4, -0.2) is 29.4 Å². The first-order valence-corrected chi connectivity index (χ1v) is 8.39. The molecule has 2 amide bonds. The van der Waals surface area contributed by atoms with Gasteiger partial charge in [0.1, 0.15) is 0 Å². The van der Waals surface area contributed by atoms with E-state index >= 15 is 0 Å². The zero-order chi connectivity index (χ0) is 14.0. The van der Waals surface area contributed by atoms with Crippen molar-refractivity contribution in [1.82, 2.24) is 10.6 Å². The van der Waals surface area contributed by atoms with Crippen molar-refractivity contribution in [2.45, 2.75) is 39.7 Å². The first kappa shape index (κ1) is 17.4. The topological polar surface area (TPSA) is 58.2 Å². The number of amides is 2. The van der Waals surface area contributed by atoms with Gasteiger partial charge in [0.2, 0.25) is 11.8 Å². The maximum absolute atomic E-state index is 11.3. The highest BCUT2D eigenvalue weighted by Gasteiger charge is 2.04. The molecule has 0 aromatic rings. The first-order valence-electron chi connectivity index (χ1n) is 5.91. The predicted molar refractivity (Wildman–Crippen MR) is 80.4 cm³/mol. The molecule has 0 fully saturated rings. The summed E-state index contributed by atoms with van der Waals surface area (Å²) < 4.78 is 0. The molecular weight excluding hydrogens is 268 g/mol. The van der Waals surface area contributed by atoms with Gasteiger partial charge in [0, 0.05) is 36.1 Å². The van der Waals surface area contributed by atoms with Crippen molar-refractivity contribution in [2.24, 2.45) is 0 Å². The van der Waals surface area contributed by atoms with E-state index in [0.717, 1.165) is 11.5 Å². The molecule has 4 nitrogen and oxygen atoms in total. The van der Waals surface area contributed by atoms with E-state index < -0.39 is 0 Å². The van der Waals surface area contributed by atoms with Crippen molar-refractivity contribution in [3.8, 4) is 0 Å². The summed E-state index contributed by atoms with van der Waals surface area (Å²) in [6, 6.07) is 0.195. The third-order valence-corrected chi connectivity index (χ3v) is 4.12. The van der Waals surface area contributed by atoms with Crippen LogP contribution in [-0.2, 0) is 9.59 Å². The number of nitrogens with one attached hydrogen (secondary N) is 2. The second kappa shape index (κ2) is 10.3. The second-order valence-corrected chi connectivity index (χ2v) is 6.90. The van der Waals surface area contributed by atoms with Gasteiger partial charge in [-0.25, -0.2) is 0 Å². The van der Waals surface area contributed by atoms with E-state index in [1.165, 1.54) is 0 Å². The van der Waals surface area contributed by atoms with Crippen LogP contribution in [0.3, 0.4) is 0 Å². The number of carbonyl (C=O) groups is 2. The van der Waals surface area contributed by atoms with Crippen LogP contribution in [0.4, 0.5) is 0 Å². The van der Waals surface area contributed by atoms with Crippen LogP contribution in [0.25, 0.3) is 0 Å². The molecule has 18 heavy (non-hydrogen) atoms. The number of allylic oxidation sites excluding steroid dienone is 1. The molecule has 0 saturated carbocycles. The molecule has 0 saturated heterocycles. The molecule has 104 valence electrons. The van der Waals surface area contributed by atoms with Crippen LogP contribution in [0.15, 0.2) is 12.3 Å². The summed E-state index contributed by atoms with van der Waals surface area (Å²) in [6.45, 7) is 9.25. The Morgan fingerprint density at radius 3 is 2.06 bits per heavy atom. The number of carbonyl (C=O) groups excluding carboxylic acids is 2. The minimum atomic E-state index is -0.00634. The monoisotopic (exact) mass is 290 g/mol. The van der Waals surface area contributed by atoms with Crippen molar-refractivity contribution < 1.29 is 9.59 Å². The van der Waals surface area contributed by atoms with Crippen LogP contribution < -0.4 is 10.6 Å². The van der Waals surface area contributed by atoms with Gasteiger partial charge in [-0.1, -0.05) is 28.2 Å². The lowest BCUT2D eigenvalue weighted by Crippen LogP contribution is -2.30. The van der Waals surface area contributed by atoms with E-state index in [4.69, 9.17) is 0 Å². The largest absolute Gasteiger partial charge is 0.354 e. The number of hydrogen-bond donors (Lipinski definition) is 2. The van der Waals surface area contributed by atoms with Crippen LogP contribution >= 0.6 is 21.6 Å². The molecule has 6 heteroatoms. The fraction of sp³-hybridized carbons (Fsp3) is 0.667. The van der Waals surface area contributed by atoms with Crippen molar-refractivity contribution in [2.75, 3.05) is 11.5 Å². The van der Waals surface area contributed by atoms with Crippen molar-refractivity contribution >= 4 is 33.4 Å². The van der Waals surface area contributed by atoms with Crippen LogP contribution in [0.5, 0.6) is 0 Å². The standard InChI is InChI=1S/C12H22N2O2S2/c1-9(2)13-11(15)5-7-17-18-8-6-12(16)14-10(3)4/h10H,1,5-8H2,2-4H3,(H,13,15)(H,14,16). The van der Waals surface area contributed by atoms with Gasteiger partial charge in [-0.05, 0) is 20.8 Å². The Balaban J connectivity index is 3.38. The highest BCUT2D eigenvalue weighted by atomic mass is 33.1. The van der Waals surface area contributed by atoms with Crippen molar-refractivity contribution in [3.05, 3.63) is 12.3 Å². The molecule has 0 aromatic carbocycles. The average Bonchev–Trinajstić information content (AvgIpc) is 2.20. The summed E-state index contributed by atoms with van der Waals surface area (Å²) in [4.78, 5) is 22.6. The Bertz CT molecular complexity index is 294. The average molecular weight is 290 g/mol. The minimum Gasteiger partial charge on any atom is -0.354 e. The Morgan fingerprint density at radius 2 is 1.61 bits per heavy atom. The zero-order valence-electron chi connectivity index (χ0n) is 11.2. The molecule has 0 rings (SSSR count). The lowest BCUT2D eigenvalue weighted by Gasteiger charge is -2.07. The lowest BCUT2D eigenvalue weighted by atomic mass is 10.3. The van der Waals surface area contributed by atoms with Crippen molar-refractivity contribution in [3.63, 3.8) is 0 Å². The van der Waals surface area contributed by atoms with Gasteiger partial charge in [-0.3, -0.25) is 9.59 Å². The number of hydrogen-bond acceptors (Lipinski definition) is 4. The molecule has 0 radical (unpaired) electrons. The molecule has 0 aliphatic carbocycles. The first-order chi connectivity index (χ1) is 8.41. The Labute approximate surface area is 117 Å². The molecule has 0 aliphatic rings. The highest BCUT2D eigenvalue weighted by Crippen LogP contribution is 2.22. The maximum atomic E-state index is 11.3. The van der Waals surface area contributed by atoms with Gasteiger partial charge in [-0.2, -0.15) is 0 Å². The second-order valence-electron chi connectivity index (χ2n) is 4.19. The van der Waals surface area contributed by atoms with E-state index in [9.17, 15) is 9.59 Å². The summed E-state index contributed by atoms with van der Waals surface area (Å²) in [6.07, 6.45) is 0.997. The SMILES string of the molecule is C=C(C)NC(=O)CCSSCCC(=O)NC(C)C. The summed E-state index contributed by atoms with van der Waals surface area (Å²) >= 11 is 0. The predicted octanol–water partition coefficient (Wildman–Crippen LogP) is 2.32. The van der Waals surface area contributed by atoms with Crippen molar-refractivity contribution in [1.29, 1.82) is 0 Å². The van der Waals surface area contributed by atoms with E-state index in [2.05, 4.69) is 17.2 Å².